The van der Waals surface area contributed by atoms with E-state index in [1.54, 1.807) is 0 Å². The lowest BCUT2D eigenvalue weighted by Crippen LogP contribution is -2.38. The average molecular weight is 156 g/mol. The monoisotopic (exact) mass is 155 g/mol. The Morgan fingerprint density at radius 2 is 2.22 bits per heavy atom. The van der Waals surface area contributed by atoms with Gasteiger partial charge in [0.25, 0.3) is 0 Å². The van der Waals surface area contributed by atoms with E-state index in [9.17, 15) is 4.39 Å². The molecule has 0 bridgehead atoms. The molecule has 4 heteroatoms. The van der Waals surface area contributed by atoms with Gasteiger partial charge in [0.1, 0.15) is 6.17 Å². The van der Waals surface area contributed by atoms with Gasteiger partial charge in [-0.3, -0.25) is 0 Å². The van der Waals surface area contributed by atoms with Crippen LogP contribution < -0.4 is 4.84 Å². The number of alkyl halides is 1. The van der Waals surface area contributed by atoms with E-state index in [2.05, 4.69) is 4.84 Å². The molecule has 2 N–H and O–H groups in total. The minimum Gasteiger partial charge on any atom is -0.387 e. The van der Waals surface area contributed by atoms with Crippen molar-refractivity contribution in [2.75, 3.05) is 6.54 Å². The van der Waals surface area contributed by atoms with Crippen LogP contribution in [-0.4, -0.2) is 23.4 Å². The van der Waals surface area contributed by atoms with Crippen molar-refractivity contribution in [3.05, 3.63) is 0 Å². The third-order valence-corrected chi connectivity index (χ3v) is 1.18. The maximum absolute atomic E-state index is 12.5. The van der Waals surface area contributed by atoms with Crippen LogP contribution in [0, 0.1) is 0 Å². The van der Waals surface area contributed by atoms with Crippen LogP contribution in [0.25, 0.3) is 0 Å². The van der Waals surface area contributed by atoms with Crippen LogP contribution in [0.15, 0.2) is 0 Å². The van der Waals surface area contributed by atoms with Crippen LogP contribution in [-0.2, 0) is 0 Å². The van der Waals surface area contributed by atoms with Gasteiger partial charge < -0.3 is 5.11 Å². The highest BCUT2D eigenvalue weighted by Gasteiger charge is 2.25. The molecule has 9 heavy (non-hydrogen) atoms. The molecule has 2 nitrogen and oxygen atoms in total. The van der Waals surface area contributed by atoms with E-state index in [4.69, 9.17) is 16.9 Å². The van der Waals surface area contributed by atoms with E-state index >= 15 is 0 Å². The van der Waals surface area contributed by atoms with Crippen LogP contribution in [0.3, 0.4) is 0 Å². The van der Waals surface area contributed by atoms with E-state index in [0.29, 0.717) is 0 Å². The number of halogens is 2. The highest BCUT2D eigenvalue weighted by molar-refractivity contribution is 6.13. The molecule has 0 spiro atoms. The summed E-state index contributed by atoms with van der Waals surface area (Å²) in [5.41, 5.74) is -1.30. The van der Waals surface area contributed by atoms with Gasteiger partial charge in [0, 0.05) is 6.54 Å². The summed E-state index contributed by atoms with van der Waals surface area (Å²) in [5.74, 6) is 0. The Balaban J connectivity index is 3.59. The summed E-state index contributed by atoms with van der Waals surface area (Å²) >= 11 is 5.00. The van der Waals surface area contributed by atoms with Crippen LogP contribution in [0.4, 0.5) is 4.39 Å². The van der Waals surface area contributed by atoms with E-state index in [0.717, 1.165) is 0 Å². The first-order valence-electron chi connectivity index (χ1n) is 2.68. The van der Waals surface area contributed by atoms with Crippen LogP contribution in [0.5, 0.6) is 0 Å². The lowest BCUT2D eigenvalue weighted by molar-refractivity contribution is -0.0000461. The van der Waals surface area contributed by atoms with Gasteiger partial charge in [-0.2, -0.15) is 0 Å². The minimum atomic E-state index is -1.32. The van der Waals surface area contributed by atoms with Crippen molar-refractivity contribution in [3.8, 4) is 0 Å². The first-order chi connectivity index (χ1) is 3.98. The zero-order valence-corrected chi connectivity index (χ0v) is 6.24. The zero-order valence-electron chi connectivity index (χ0n) is 5.49. The molecule has 0 radical (unpaired) electrons. The first-order valence-corrected chi connectivity index (χ1v) is 3.06. The Bertz CT molecular complexity index is 83.5. The Morgan fingerprint density at radius 3 is 2.33 bits per heavy atom. The van der Waals surface area contributed by atoms with Gasteiger partial charge in [0.2, 0.25) is 0 Å². The standard InChI is InChI=1S/C5H11ClFNO/c1-5(2,9)4(7)3-8-6/h4,8-9H,3H2,1-2H3/t4-/m1/s1. The van der Waals surface area contributed by atoms with Crippen molar-refractivity contribution < 1.29 is 9.50 Å². The van der Waals surface area contributed by atoms with Crippen molar-refractivity contribution in [1.29, 1.82) is 0 Å². The van der Waals surface area contributed by atoms with Gasteiger partial charge in [0.15, 0.2) is 0 Å². The molecule has 0 aromatic rings. The second kappa shape index (κ2) is 3.34. The minimum absolute atomic E-state index is 0.0367. The fraction of sp³-hybridized carbons (Fsp3) is 1.00. The van der Waals surface area contributed by atoms with Crippen molar-refractivity contribution in [2.24, 2.45) is 0 Å². The van der Waals surface area contributed by atoms with Crippen LogP contribution in [0.2, 0.25) is 0 Å². The maximum Gasteiger partial charge on any atom is 0.142 e. The summed E-state index contributed by atoms with van der Waals surface area (Å²) in [6.45, 7) is 2.75. The van der Waals surface area contributed by atoms with Crippen molar-refractivity contribution in [1.82, 2.24) is 4.84 Å². The molecule has 0 unspecified atom stereocenters. The van der Waals surface area contributed by atoms with Gasteiger partial charge in [-0.25, -0.2) is 9.23 Å². The molecule has 0 aromatic heterocycles. The largest absolute Gasteiger partial charge is 0.387 e. The Morgan fingerprint density at radius 1 is 1.78 bits per heavy atom. The molecule has 0 aliphatic carbocycles. The lowest BCUT2D eigenvalue weighted by atomic mass is 10.0. The SMILES string of the molecule is CC(C)(O)[C@H](F)CNCl. The molecule has 0 amide bonds. The number of rotatable bonds is 3. The van der Waals surface area contributed by atoms with E-state index in [1.807, 2.05) is 0 Å². The second-order valence-corrected chi connectivity index (χ2v) is 2.73. The maximum atomic E-state index is 12.5. The highest BCUT2D eigenvalue weighted by atomic mass is 35.5. The van der Waals surface area contributed by atoms with Gasteiger partial charge >= 0.3 is 0 Å². The molecule has 0 aliphatic heterocycles. The number of nitrogens with one attached hydrogen (secondary N) is 1. The highest BCUT2D eigenvalue weighted by Crippen LogP contribution is 2.10. The molecule has 0 saturated carbocycles. The molecule has 0 aliphatic rings. The third-order valence-electron chi connectivity index (χ3n) is 1.02. The smallest absolute Gasteiger partial charge is 0.142 e. The number of hydrogen-bond acceptors (Lipinski definition) is 2. The zero-order chi connectivity index (χ0) is 7.49. The quantitative estimate of drug-likeness (QED) is 0.592. The normalized spacial score (nSPS) is 15.7. The summed E-state index contributed by atoms with van der Waals surface area (Å²) in [6, 6.07) is 0. The summed E-state index contributed by atoms with van der Waals surface area (Å²) < 4.78 is 12.5. The predicted molar refractivity (Wildman–Crippen MR) is 35.0 cm³/mol. The Hall–Kier alpha value is 0.140. The number of hydrogen-bond donors (Lipinski definition) is 2. The topological polar surface area (TPSA) is 32.3 Å². The fourth-order valence-corrected chi connectivity index (χ4v) is 0.453. The van der Waals surface area contributed by atoms with E-state index in [-0.39, 0.29) is 6.54 Å². The van der Waals surface area contributed by atoms with Crippen LogP contribution >= 0.6 is 11.8 Å². The molecule has 0 rings (SSSR count). The first kappa shape index (κ1) is 9.14. The average Bonchev–Trinajstić information content (AvgIpc) is 1.64. The number of aliphatic hydroxyl groups is 1. The summed E-state index contributed by atoms with van der Waals surface area (Å²) in [7, 11) is 0. The molecule has 0 fully saturated rings. The third kappa shape index (κ3) is 3.67. The van der Waals surface area contributed by atoms with Crippen molar-refractivity contribution in [2.45, 2.75) is 25.6 Å². The fourth-order valence-electron chi connectivity index (χ4n) is 0.318. The summed E-state index contributed by atoms with van der Waals surface area (Å²) in [5, 5.41) is 8.94. The lowest BCUT2D eigenvalue weighted by Gasteiger charge is -2.20. The van der Waals surface area contributed by atoms with E-state index in [1.165, 1.54) is 13.8 Å². The molecular weight excluding hydrogens is 145 g/mol. The molecular formula is C5H11ClFNO. The Kier molecular flexibility index (Phi) is 3.40. The van der Waals surface area contributed by atoms with Gasteiger partial charge in [0.05, 0.1) is 5.60 Å². The molecule has 0 heterocycles. The van der Waals surface area contributed by atoms with Gasteiger partial charge in [-0.1, -0.05) is 0 Å². The summed E-state index contributed by atoms with van der Waals surface area (Å²) in [4.78, 5) is 2.11. The second-order valence-electron chi connectivity index (χ2n) is 2.46. The van der Waals surface area contributed by atoms with Crippen LogP contribution in [0.1, 0.15) is 13.8 Å². The molecule has 56 valence electrons. The molecule has 1 atom stereocenters. The van der Waals surface area contributed by atoms with Crippen molar-refractivity contribution >= 4 is 11.8 Å². The Labute approximate surface area is 59.1 Å². The van der Waals surface area contributed by atoms with E-state index < -0.39 is 11.8 Å². The van der Waals surface area contributed by atoms with Gasteiger partial charge in [-0.05, 0) is 25.6 Å². The predicted octanol–water partition coefficient (Wildman–Crippen LogP) is 0.839. The van der Waals surface area contributed by atoms with Crippen molar-refractivity contribution in [3.63, 3.8) is 0 Å². The van der Waals surface area contributed by atoms with Gasteiger partial charge in [-0.15, -0.1) is 0 Å². The molecule has 0 aromatic carbocycles. The summed E-state index contributed by atoms with van der Waals surface area (Å²) in [6.07, 6.45) is -1.32. The molecule has 0 saturated heterocycles.